The maximum Gasteiger partial charge on any atom is 0.271 e. The lowest BCUT2D eigenvalue weighted by Crippen LogP contribution is -2.36. The Labute approximate surface area is 94.4 Å². The van der Waals surface area contributed by atoms with Crippen molar-refractivity contribution in [3.63, 3.8) is 0 Å². The highest BCUT2D eigenvalue weighted by atomic mass is 16.5. The van der Waals surface area contributed by atoms with Crippen molar-refractivity contribution >= 4 is 11.7 Å². The number of nitrogens with one attached hydrogen (secondary N) is 2. The molecule has 0 spiro atoms. The van der Waals surface area contributed by atoms with E-state index in [2.05, 4.69) is 20.6 Å². The van der Waals surface area contributed by atoms with Crippen LogP contribution in [0.3, 0.4) is 0 Å². The summed E-state index contributed by atoms with van der Waals surface area (Å²) < 4.78 is 4.92. The molecule has 1 atom stereocenters. The molecule has 0 radical (unpaired) electrons. The molecular formula is C10H16N4O2. The molecule has 0 saturated carbocycles. The second-order valence-corrected chi connectivity index (χ2v) is 3.37. The third-order valence-electron chi connectivity index (χ3n) is 1.92. The quantitative estimate of drug-likeness (QED) is 0.751. The fourth-order valence-electron chi connectivity index (χ4n) is 1.19. The average molecular weight is 224 g/mol. The summed E-state index contributed by atoms with van der Waals surface area (Å²) in [6.07, 6.45) is 2.98. The molecule has 1 aromatic rings. The normalized spacial score (nSPS) is 11.9. The minimum Gasteiger partial charge on any atom is -0.383 e. The zero-order chi connectivity index (χ0) is 12.0. The molecule has 6 heteroatoms. The molecule has 0 aliphatic rings. The van der Waals surface area contributed by atoms with Crippen molar-refractivity contribution in [2.75, 3.05) is 26.1 Å². The Morgan fingerprint density at radius 2 is 2.31 bits per heavy atom. The number of anilines is 1. The van der Waals surface area contributed by atoms with Crippen LogP contribution in [0.15, 0.2) is 12.4 Å². The van der Waals surface area contributed by atoms with Crippen LogP contribution in [-0.2, 0) is 4.74 Å². The van der Waals surface area contributed by atoms with E-state index in [1.165, 1.54) is 6.20 Å². The van der Waals surface area contributed by atoms with E-state index in [4.69, 9.17) is 4.74 Å². The minimum atomic E-state index is -0.255. The summed E-state index contributed by atoms with van der Waals surface area (Å²) in [5, 5.41) is 5.58. The van der Waals surface area contributed by atoms with Gasteiger partial charge in [-0.3, -0.25) is 9.78 Å². The monoisotopic (exact) mass is 224 g/mol. The third-order valence-corrected chi connectivity index (χ3v) is 1.92. The predicted molar refractivity (Wildman–Crippen MR) is 60.4 cm³/mol. The van der Waals surface area contributed by atoms with Crippen LogP contribution in [-0.4, -0.2) is 42.7 Å². The van der Waals surface area contributed by atoms with Gasteiger partial charge in [0.1, 0.15) is 11.5 Å². The number of methoxy groups -OCH3 is 1. The first-order valence-electron chi connectivity index (χ1n) is 4.97. The van der Waals surface area contributed by atoms with Gasteiger partial charge >= 0.3 is 0 Å². The van der Waals surface area contributed by atoms with Gasteiger partial charge in [0.05, 0.1) is 19.0 Å². The Kier molecular flexibility index (Phi) is 4.65. The summed E-state index contributed by atoms with van der Waals surface area (Å²) >= 11 is 0. The molecule has 0 bridgehead atoms. The number of amides is 1. The van der Waals surface area contributed by atoms with Crippen molar-refractivity contribution in [1.82, 2.24) is 15.3 Å². The van der Waals surface area contributed by atoms with Crippen LogP contribution in [0.4, 0.5) is 5.82 Å². The van der Waals surface area contributed by atoms with Crippen molar-refractivity contribution in [2.45, 2.75) is 13.0 Å². The number of aromatic nitrogens is 2. The lowest BCUT2D eigenvalue weighted by molar-refractivity contribution is 0.0900. The molecule has 2 N–H and O–H groups in total. The zero-order valence-electron chi connectivity index (χ0n) is 9.65. The number of ether oxygens (including phenoxy) is 1. The fourth-order valence-corrected chi connectivity index (χ4v) is 1.19. The minimum absolute atomic E-state index is 0.0578. The number of carbonyl (C=O) groups is 1. The van der Waals surface area contributed by atoms with E-state index < -0.39 is 0 Å². The van der Waals surface area contributed by atoms with Gasteiger partial charge < -0.3 is 15.4 Å². The third kappa shape index (κ3) is 3.47. The van der Waals surface area contributed by atoms with Gasteiger partial charge in [0.25, 0.3) is 5.91 Å². The van der Waals surface area contributed by atoms with Crippen LogP contribution in [0.1, 0.15) is 17.4 Å². The fraction of sp³-hybridized carbons (Fsp3) is 0.500. The summed E-state index contributed by atoms with van der Waals surface area (Å²) in [4.78, 5) is 19.7. The largest absolute Gasteiger partial charge is 0.383 e. The molecule has 0 saturated heterocycles. The summed E-state index contributed by atoms with van der Waals surface area (Å²) in [6, 6.07) is -0.0578. The van der Waals surface area contributed by atoms with Crippen molar-refractivity contribution in [3.05, 3.63) is 18.1 Å². The van der Waals surface area contributed by atoms with Gasteiger partial charge in [-0.15, -0.1) is 0 Å². The Morgan fingerprint density at radius 3 is 2.94 bits per heavy atom. The molecule has 88 valence electrons. The van der Waals surface area contributed by atoms with Crippen LogP contribution in [0.25, 0.3) is 0 Å². The van der Waals surface area contributed by atoms with E-state index in [-0.39, 0.29) is 17.6 Å². The van der Waals surface area contributed by atoms with Crippen LogP contribution in [0.2, 0.25) is 0 Å². The molecule has 1 rings (SSSR count). The van der Waals surface area contributed by atoms with E-state index in [1.54, 1.807) is 20.4 Å². The first kappa shape index (κ1) is 12.4. The van der Waals surface area contributed by atoms with E-state index in [0.717, 1.165) is 0 Å². The highest BCUT2D eigenvalue weighted by Gasteiger charge is 2.11. The molecule has 0 fully saturated rings. The van der Waals surface area contributed by atoms with Gasteiger partial charge in [-0.05, 0) is 6.92 Å². The van der Waals surface area contributed by atoms with Gasteiger partial charge in [-0.2, -0.15) is 0 Å². The van der Waals surface area contributed by atoms with Crippen LogP contribution >= 0.6 is 0 Å². The van der Waals surface area contributed by atoms with Gasteiger partial charge in [0.15, 0.2) is 0 Å². The smallest absolute Gasteiger partial charge is 0.271 e. The molecular weight excluding hydrogens is 208 g/mol. The molecule has 1 heterocycles. The number of hydrogen-bond donors (Lipinski definition) is 2. The first-order valence-corrected chi connectivity index (χ1v) is 4.97. The molecule has 1 amide bonds. The van der Waals surface area contributed by atoms with Gasteiger partial charge in [-0.25, -0.2) is 4.98 Å². The molecule has 1 unspecified atom stereocenters. The molecule has 0 aliphatic carbocycles. The van der Waals surface area contributed by atoms with E-state index in [1.807, 2.05) is 6.92 Å². The van der Waals surface area contributed by atoms with Crippen LogP contribution in [0, 0.1) is 0 Å². The summed E-state index contributed by atoms with van der Waals surface area (Å²) in [6.45, 7) is 2.32. The maximum atomic E-state index is 11.7. The van der Waals surface area contributed by atoms with Gasteiger partial charge in [0.2, 0.25) is 0 Å². The molecule has 6 nitrogen and oxygen atoms in total. The molecule has 0 aromatic carbocycles. The number of nitrogens with zero attached hydrogens (tertiary/aromatic N) is 2. The van der Waals surface area contributed by atoms with Crippen molar-refractivity contribution in [1.29, 1.82) is 0 Å². The van der Waals surface area contributed by atoms with Crippen molar-refractivity contribution < 1.29 is 9.53 Å². The second-order valence-electron chi connectivity index (χ2n) is 3.37. The van der Waals surface area contributed by atoms with E-state index in [0.29, 0.717) is 12.4 Å². The van der Waals surface area contributed by atoms with E-state index >= 15 is 0 Å². The molecule has 1 aromatic heterocycles. The summed E-state index contributed by atoms with van der Waals surface area (Å²) in [5.74, 6) is 0.307. The second kappa shape index (κ2) is 6.02. The van der Waals surface area contributed by atoms with Crippen molar-refractivity contribution in [2.24, 2.45) is 0 Å². The van der Waals surface area contributed by atoms with Gasteiger partial charge in [-0.1, -0.05) is 0 Å². The lowest BCUT2D eigenvalue weighted by Gasteiger charge is -2.12. The maximum absolute atomic E-state index is 11.7. The Balaban J connectivity index is 2.65. The Hall–Kier alpha value is -1.69. The lowest BCUT2D eigenvalue weighted by atomic mass is 10.3. The number of carbonyl (C=O) groups excluding carboxylic acids is 1. The van der Waals surface area contributed by atoms with Crippen LogP contribution in [0.5, 0.6) is 0 Å². The van der Waals surface area contributed by atoms with Gasteiger partial charge in [0, 0.05) is 20.2 Å². The number of rotatable bonds is 5. The summed E-state index contributed by atoms with van der Waals surface area (Å²) in [5.41, 5.74) is 0.287. The molecule has 0 aliphatic heterocycles. The standard InChI is InChI=1S/C10H16N4O2/c1-7(6-16-3)13-10(15)8-4-12-5-9(11-2)14-8/h4-5,7H,6H2,1-3H3,(H,11,14)(H,13,15). The first-order chi connectivity index (χ1) is 7.67. The highest BCUT2D eigenvalue weighted by molar-refractivity contribution is 5.92. The zero-order valence-corrected chi connectivity index (χ0v) is 9.65. The topological polar surface area (TPSA) is 76.1 Å². The van der Waals surface area contributed by atoms with Crippen molar-refractivity contribution in [3.8, 4) is 0 Å². The van der Waals surface area contributed by atoms with Crippen LogP contribution < -0.4 is 10.6 Å². The number of hydrogen-bond acceptors (Lipinski definition) is 5. The highest BCUT2D eigenvalue weighted by Crippen LogP contribution is 2.01. The Bertz CT molecular complexity index is 356. The predicted octanol–water partition coefficient (Wildman–Crippen LogP) is 0.283. The average Bonchev–Trinajstić information content (AvgIpc) is 2.29. The molecule has 16 heavy (non-hydrogen) atoms. The Morgan fingerprint density at radius 1 is 1.56 bits per heavy atom. The summed E-state index contributed by atoms with van der Waals surface area (Å²) in [7, 11) is 3.31. The van der Waals surface area contributed by atoms with E-state index in [9.17, 15) is 4.79 Å². The SMILES string of the molecule is CNc1cncc(C(=O)NC(C)COC)n1.